The van der Waals surface area contributed by atoms with E-state index in [0.717, 1.165) is 32.8 Å². The molecule has 134 valence electrons. The fourth-order valence-electron chi connectivity index (χ4n) is 3.33. The number of pyridine rings is 2. The van der Waals surface area contributed by atoms with E-state index in [4.69, 9.17) is 0 Å². The van der Waals surface area contributed by atoms with Crippen LogP contribution < -0.4 is 5.32 Å². The molecular weight excluding hydrogens is 350 g/mol. The average Bonchev–Trinajstić information content (AvgIpc) is 3.17. The van der Waals surface area contributed by atoms with E-state index in [2.05, 4.69) is 31.5 Å². The molecule has 3 aromatic heterocycles. The lowest BCUT2D eigenvalue weighted by Gasteiger charge is -2.07. The van der Waals surface area contributed by atoms with Crippen LogP contribution in [0.15, 0.2) is 79.4 Å². The summed E-state index contributed by atoms with van der Waals surface area (Å²) in [6, 6.07) is 17.5. The summed E-state index contributed by atoms with van der Waals surface area (Å²) in [4.78, 5) is 21.0. The molecule has 2 aromatic carbocycles. The summed E-state index contributed by atoms with van der Waals surface area (Å²) in [5.41, 5.74) is 3.82. The zero-order chi connectivity index (χ0) is 18.9. The quantitative estimate of drug-likeness (QED) is 0.495. The third-order valence-electron chi connectivity index (χ3n) is 4.70. The SMILES string of the molecule is O=C(Nc1ccncc1)c1n[nH]c2ccc(-c3cncc4ccccc34)cc12. The molecule has 0 fully saturated rings. The number of anilines is 1. The number of hydrogen-bond acceptors (Lipinski definition) is 4. The molecule has 3 heterocycles. The summed E-state index contributed by atoms with van der Waals surface area (Å²) < 4.78 is 0. The smallest absolute Gasteiger partial charge is 0.276 e. The highest BCUT2D eigenvalue weighted by atomic mass is 16.1. The Kier molecular flexibility index (Phi) is 3.80. The van der Waals surface area contributed by atoms with Crippen LogP contribution in [0.4, 0.5) is 5.69 Å². The molecule has 2 N–H and O–H groups in total. The van der Waals surface area contributed by atoms with Crippen LogP contribution in [-0.4, -0.2) is 26.1 Å². The number of nitrogens with zero attached hydrogens (tertiary/aromatic N) is 3. The van der Waals surface area contributed by atoms with Crippen molar-refractivity contribution >= 4 is 33.3 Å². The average molecular weight is 365 g/mol. The van der Waals surface area contributed by atoms with E-state index in [1.165, 1.54) is 0 Å². The molecule has 6 nitrogen and oxygen atoms in total. The summed E-state index contributed by atoms with van der Waals surface area (Å²) in [5.74, 6) is -0.273. The van der Waals surface area contributed by atoms with E-state index in [-0.39, 0.29) is 5.91 Å². The maximum absolute atomic E-state index is 12.7. The fourth-order valence-corrected chi connectivity index (χ4v) is 3.33. The molecule has 6 heteroatoms. The molecule has 0 saturated heterocycles. The molecule has 5 aromatic rings. The Labute approximate surface area is 160 Å². The third-order valence-corrected chi connectivity index (χ3v) is 4.70. The second-order valence-electron chi connectivity index (χ2n) is 6.43. The highest BCUT2D eigenvalue weighted by molar-refractivity contribution is 6.12. The van der Waals surface area contributed by atoms with Crippen LogP contribution in [0.25, 0.3) is 32.8 Å². The zero-order valence-corrected chi connectivity index (χ0v) is 14.8. The lowest BCUT2D eigenvalue weighted by molar-refractivity contribution is 0.102. The van der Waals surface area contributed by atoms with Crippen LogP contribution in [0.2, 0.25) is 0 Å². The highest BCUT2D eigenvalue weighted by Gasteiger charge is 2.16. The first-order valence-corrected chi connectivity index (χ1v) is 8.82. The van der Waals surface area contributed by atoms with Crippen LogP contribution >= 0.6 is 0 Å². The minimum Gasteiger partial charge on any atom is -0.320 e. The molecule has 0 radical (unpaired) electrons. The maximum atomic E-state index is 12.7. The maximum Gasteiger partial charge on any atom is 0.276 e. The van der Waals surface area contributed by atoms with Crippen LogP contribution in [-0.2, 0) is 0 Å². The van der Waals surface area contributed by atoms with Gasteiger partial charge in [-0.1, -0.05) is 30.3 Å². The van der Waals surface area contributed by atoms with Crippen LogP contribution in [0, 0.1) is 0 Å². The van der Waals surface area contributed by atoms with E-state index in [9.17, 15) is 4.79 Å². The van der Waals surface area contributed by atoms with Gasteiger partial charge in [-0.05, 0) is 35.2 Å². The van der Waals surface area contributed by atoms with Gasteiger partial charge in [-0.25, -0.2) is 0 Å². The van der Waals surface area contributed by atoms with Gasteiger partial charge >= 0.3 is 0 Å². The Hall–Kier alpha value is -4.06. The Balaban J connectivity index is 1.59. The van der Waals surface area contributed by atoms with Gasteiger partial charge < -0.3 is 5.32 Å². The number of H-pyrrole nitrogens is 1. The summed E-state index contributed by atoms with van der Waals surface area (Å²) >= 11 is 0. The molecule has 5 rings (SSSR count). The first kappa shape index (κ1) is 16.1. The summed E-state index contributed by atoms with van der Waals surface area (Å²) in [6.45, 7) is 0. The van der Waals surface area contributed by atoms with E-state index in [0.29, 0.717) is 11.4 Å². The van der Waals surface area contributed by atoms with Gasteiger partial charge in [-0.15, -0.1) is 0 Å². The molecule has 0 spiro atoms. The molecule has 0 aliphatic rings. The van der Waals surface area contributed by atoms with Gasteiger partial charge in [0.05, 0.1) is 5.52 Å². The number of amides is 1. The number of carbonyl (C=O) groups excluding carboxylic acids is 1. The number of hydrogen-bond donors (Lipinski definition) is 2. The lowest BCUT2D eigenvalue weighted by Crippen LogP contribution is -2.12. The molecule has 0 aliphatic heterocycles. The zero-order valence-electron chi connectivity index (χ0n) is 14.8. The first-order chi connectivity index (χ1) is 13.8. The molecular formula is C22H15N5O. The number of aromatic amines is 1. The monoisotopic (exact) mass is 365 g/mol. The summed E-state index contributed by atoms with van der Waals surface area (Å²) in [6.07, 6.45) is 6.96. The van der Waals surface area contributed by atoms with Gasteiger partial charge in [0.25, 0.3) is 5.91 Å². The van der Waals surface area contributed by atoms with Crippen molar-refractivity contribution in [1.82, 2.24) is 20.2 Å². The summed E-state index contributed by atoms with van der Waals surface area (Å²) in [7, 11) is 0. The number of nitrogens with one attached hydrogen (secondary N) is 2. The van der Waals surface area contributed by atoms with E-state index in [1.807, 2.05) is 48.8 Å². The van der Waals surface area contributed by atoms with Crippen LogP contribution in [0.3, 0.4) is 0 Å². The lowest BCUT2D eigenvalue weighted by atomic mass is 9.99. The van der Waals surface area contributed by atoms with Crippen molar-refractivity contribution in [3.05, 3.63) is 85.1 Å². The van der Waals surface area contributed by atoms with Crippen molar-refractivity contribution in [2.45, 2.75) is 0 Å². The van der Waals surface area contributed by atoms with Crippen molar-refractivity contribution in [3.63, 3.8) is 0 Å². The Morgan fingerprint density at radius 1 is 0.893 bits per heavy atom. The molecule has 0 atom stereocenters. The van der Waals surface area contributed by atoms with Crippen molar-refractivity contribution in [3.8, 4) is 11.1 Å². The minimum absolute atomic E-state index is 0.273. The van der Waals surface area contributed by atoms with Crippen LogP contribution in [0.5, 0.6) is 0 Å². The molecule has 1 amide bonds. The Bertz CT molecular complexity index is 1310. The molecule has 0 unspecified atom stereocenters. The number of benzene rings is 2. The van der Waals surface area contributed by atoms with Gasteiger partial charge in [-0.2, -0.15) is 5.10 Å². The van der Waals surface area contributed by atoms with Gasteiger partial charge in [0.1, 0.15) is 0 Å². The van der Waals surface area contributed by atoms with Crippen molar-refractivity contribution < 1.29 is 4.79 Å². The largest absolute Gasteiger partial charge is 0.320 e. The second-order valence-corrected chi connectivity index (χ2v) is 6.43. The van der Waals surface area contributed by atoms with Crippen molar-refractivity contribution in [1.29, 1.82) is 0 Å². The topological polar surface area (TPSA) is 83.6 Å². The predicted octanol–water partition coefficient (Wildman–Crippen LogP) is 4.43. The first-order valence-electron chi connectivity index (χ1n) is 8.82. The molecule has 0 aliphatic carbocycles. The standard InChI is InChI=1S/C22H15N5O/c28-22(25-16-7-9-23-10-8-16)21-18-11-14(5-6-20(18)26-27-21)19-13-24-12-15-3-1-2-4-17(15)19/h1-13H,(H,26,27)(H,23,25,28). The number of fused-ring (bicyclic) bond motifs is 2. The van der Waals surface area contributed by atoms with Gasteiger partial charge in [0.2, 0.25) is 0 Å². The van der Waals surface area contributed by atoms with E-state index < -0.39 is 0 Å². The normalized spacial score (nSPS) is 11.0. The van der Waals surface area contributed by atoms with Crippen LogP contribution in [0.1, 0.15) is 10.5 Å². The number of carbonyl (C=O) groups is 1. The van der Waals surface area contributed by atoms with Crippen molar-refractivity contribution in [2.75, 3.05) is 5.32 Å². The minimum atomic E-state index is -0.273. The van der Waals surface area contributed by atoms with Crippen molar-refractivity contribution in [2.24, 2.45) is 0 Å². The van der Waals surface area contributed by atoms with Gasteiger partial charge in [0, 0.05) is 46.8 Å². The Morgan fingerprint density at radius 3 is 2.64 bits per heavy atom. The van der Waals surface area contributed by atoms with E-state index >= 15 is 0 Å². The third kappa shape index (κ3) is 2.77. The highest BCUT2D eigenvalue weighted by Crippen LogP contribution is 2.30. The van der Waals surface area contributed by atoms with Gasteiger partial charge in [0.15, 0.2) is 5.69 Å². The molecule has 0 bridgehead atoms. The Morgan fingerprint density at radius 2 is 1.75 bits per heavy atom. The number of rotatable bonds is 3. The van der Waals surface area contributed by atoms with Gasteiger partial charge in [-0.3, -0.25) is 19.9 Å². The van der Waals surface area contributed by atoms with E-state index in [1.54, 1.807) is 24.5 Å². The fraction of sp³-hybridized carbons (Fsp3) is 0. The second kappa shape index (κ2) is 6.59. The molecule has 0 saturated carbocycles. The number of aromatic nitrogens is 4. The molecule has 28 heavy (non-hydrogen) atoms. The predicted molar refractivity (Wildman–Crippen MR) is 109 cm³/mol. The summed E-state index contributed by atoms with van der Waals surface area (Å²) in [5, 5.41) is 13.0.